The summed E-state index contributed by atoms with van der Waals surface area (Å²) in [6.45, 7) is 0. The Morgan fingerprint density at radius 3 is 2.87 bits per heavy atom. The number of benzene rings is 1. The Morgan fingerprint density at radius 2 is 2.27 bits per heavy atom. The molecule has 3 nitrogen and oxygen atoms in total. The van der Waals surface area contributed by atoms with Gasteiger partial charge in [-0.1, -0.05) is 11.6 Å². The zero-order chi connectivity index (χ0) is 10.8. The molecule has 0 saturated carbocycles. The largest absolute Gasteiger partial charge is 0.298 e. The fourth-order valence-electron chi connectivity index (χ4n) is 1.26. The van der Waals surface area contributed by atoms with Gasteiger partial charge in [0.2, 0.25) is 0 Å². The first-order valence-electron chi connectivity index (χ1n) is 4.16. The van der Waals surface area contributed by atoms with Crippen molar-refractivity contribution in [3.8, 4) is 5.69 Å². The average Bonchev–Trinajstić information content (AvgIpc) is 2.64. The van der Waals surface area contributed by atoms with Crippen LogP contribution in [0.5, 0.6) is 0 Å². The summed E-state index contributed by atoms with van der Waals surface area (Å²) in [6, 6.07) is 3.89. The van der Waals surface area contributed by atoms with Crippen molar-refractivity contribution < 1.29 is 9.18 Å². The van der Waals surface area contributed by atoms with Gasteiger partial charge in [-0.3, -0.25) is 4.79 Å². The van der Waals surface area contributed by atoms with Crippen LogP contribution in [0.15, 0.2) is 30.6 Å². The van der Waals surface area contributed by atoms with E-state index in [0.29, 0.717) is 17.0 Å². The lowest BCUT2D eigenvalue weighted by molar-refractivity contribution is 0.112. The quantitative estimate of drug-likeness (QED) is 0.735. The maximum Gasteiger partial charge on any atom is 0.152 e. The third kappa shape index (κ3) is 1.89. The molecule has 76 valence electrons. The van der Waals surface area contributed by atoms with Crippen LogP contribution in [0.2, 0.25) is 5.02 Å². The molecule has 0 bridgehead atoms. The predicted molar refractivity (Wildman–Crippen MR) is 53.9 cm³/mol. The van der Waals surface area contributed by atoms with Crippen molar-refractivity contribution in [1.29, 1.82) is 0 Å². The molecule has 0 radical (unpaired) electrons. The second-order valence-corrected chi connectivity index (χ2v) is 3.36. The van der Waals surface area contributed by atoms with Crippen LogP contribution < -0.4 is 0 Å². The number of nitrogens with zero attached hydrogens (tertiary/aromatic N) is 2. The maximum atomic E-state index is 12.8. The van der Waals surface area contributed by atoms with E-state index in [-0.39, 0.29) is 5.56 Å². The van der Waals surface area contributed by atoms with Crippen molar-refractivity contribution in [3.05, 3.63) is 47.0 Å². The molecule has 0 unspecified atom stereocenters. The summed E-state index contributed by atoms with van der Waals surface area (Å²) in [4.78, 5) is 10.7. The molecule has 1 aromatic carbocycles. The predicted octanol–water partition coefficient (Wildman–Crippen LogP) is 2.48. The molecule has 0 spiro atoms. The maximum absolute atomic E-state index is 12.8. The number of carbonyl (C=O) groups excluding carboxylic acids is 1. The minimum Gasteiger partial charge on any atom is -0.298 e. The third-order valence-corrected chi connectivity index (χ3v) is 2.11. The minimum absolute atomic E-state index is 0.231. The highest BCUT2D eigenvalue weighted by atomic mass is 35.5. The summed E-state index contributed by atoms with van der Waals surface area (Å²) in [5.74, 6) is -0.459. The zero-order valence-electron chi connectivity index (χ0n) is 7.52. The third-order valence-electron chi connectivity index (χ3n) is 1.91. The van der Waals surface area contributed by atoms with E-state index in [1.165, 1.54) is 23.0 Å². The summed E-state index contributed by atoms with van der Waals surface area (Å²) >= 11 is 5.69. The van der Waals surface area contributed by atoms with E-state index in [1.54, 1.807) is 6.20 Å². The number of halogens is 2. The van der Waals surface area contributed by atoms with E-state index in [0.717, 1.165) is 6.07 Å². The summed E-state index contributed by atoms with van der Waals surface area (Å²) < 4.78 is 14.3. The highest BCUT2D eigenvalue weighted by molar-refractivity contribution is 6.30. The second-order valence-electron chi connectivity index (χ2n) is 2.92. The van der Waals surface area contributed by atoms with Gasteiger partial charge >= 0.3 is 0 Å². The van der Waals surface area contributed by atoms with Gasteiger partial charge in [0.15, 0.2) is 6.29 Å². The first kappa shape index (κ1) is 9.86. The van der Waals surface area contributed by atoms with Crippen molar-refractivity contribution in [2.45, 2.75) is 0 Å². The number of hydrogen-bond donors (Lipinski definition) is 0. The number of rotatable bonds is 2. The number of aromatic nitrogens is 2. The van der Waals surface area contributed by atoms with E-state index < -0.39 is 5.82 Å². The SMILES string of the molecule is O=Cc1cc(F)ccc1-n1cc(Cl)cn1. The summed E-state index contributed by atoms with van der Waals surface area (Å²) in [5.41, 5.74) is 0.730. The monoisotopic (exact) mass is 224 g/mol. The smallest absolute Gasteiger partial charge is 0.152 e. The highest BCUT2D eigenvalue weighted by Crippen LogP contribution is 2.16. The molecule has 0 N–H and O–H groups in total. The van der Waals surface area contributed by atoms with Gasteiger partial charge < -0.3 is 0 Å². The Hall–Kier alpha value is -1.68. The van der Waals surface area contributed by atoms with E-state index in [2.05, 4.69) is 5.10 Å². The Morgan fingerprint density at radius 1 is 1.47 bits per heavy atom. The van der Waals surface area contributed by atoms with E-state index in [9.17, 15) is 9.18 Å². The van der Waals surface area contributed by atoms with E-state index in [4.69, 9.17) is 11.6 Å². The highest BCUT2D eigenvalue weighted by Gasteiger charge is 2.06. The Kier molecular flexibility index (Phi) is 2.51. The molecule has 0 fully saturated rings. The van der Waals surface area contributed by atoms with Crippen LogP contribution in [0.25, 0.3) is 5.69 Å². The molecule has 2 rings (SSSR count). The van der Waals surface area contributed by atoms with Crippen LogP contribution in [-0.2, 0) is 0 Å². The van der Waals surface area contributed by atoms with Gasteiger partial charge in [0.05, 0.1) is 16.9 Å². The van der Waals surface area contributed by atoms with E-state index in [1.807, 2.05) is 0 Å². The average molecular weight is 225 g/mol. The molecule has 0 amide bonds. The molecular weight excluding hydrogens is 219 g/mol. The van der Waals surface area contributed by atoms with Crippen LogP contribution in [0.1, 0.15) is 10.4 Å². The van der Waals surface area contributed by atoms with Crippen LogP contribution in [0.3, 0.4) is 0 Å². The standard InChI is InChI=1S/C10H6ClFN2O/c11-8-4-13-14(5-8)10-2-1-9(12)3-7(10)6-15/h1-6H. The fourth-order valence-corrected chi connectivity index (χ4v) is 1.40. The van der Waals surface area contributed by atoms with Gasteiger partial charge in [-0.15, -0.1) is 0 Å². The van der Waals surface area contributed by atoms with Gasteiger partial charge in [0.25, 0.3) is 0 Å². The molecule has 1 heterocycles. The molecule has 5 heteroatoms. The second kappa shape index (κ2) is 3.82. The molecule has 0 aliphatic heterocycles. The molecule has 0 atom stereocenters. The lowest BCUT2D eigenvalue weighted by atomic mass is 10.2. The molecule has 2 aromatic rings. The first-order valence-corrected chi connectivity index (χ1v) is 4.54. The van der Waals surface area contributed by atoms with Crippen molar-refractivity contribution in [1.82, 2.24) is 9.78 Å². The summed E-state index contributed by atoms with van der Waals surface area (Å²) in [5, 5.41) is 4.38. The normalized spacial score (nSPS) is 10.3. The molecular formula is C10H6ClFN2O. The topological polar surface area (TPSA) is 34.9 Å². The molecule has 1 aromatic heterocycles. The zero-order valence-corrected chi connectivity index (χ0v) is 8.28. The minimum atomic E-state index is -0.459. The summed E-state index contributed by atoms with van der Waals surface area (Å²) in [7, 11) is 0. The fraction of sp³-hybridized carbons (Fsp3) is 0. The molecule has 0 saturated heterocycles. The molecule has 15 heavy (non-hydrogen) atoms. The van der Waals surface area contributed by atoms with Gasteiger partial charge in [-0.2, -0.15) is 5.10 Å². The molecule has 0 aliphatic rings. The van der Waals surface area contributed by atoms with Gasteiger partial charge in [-0.25, -0.2) is 9.07 Å². The molecule has 0 aliphatic carbocycles. The first-order chi connectivity index (χ1) is 7.20. The van der Waals surface area contributed by atoms with Crippen molar-refractivity contribution in [2.75, 3.05) is 0 Å². The Labute approximate surface area is 90.1 Å². The van der Waals surface area contributed by atoms with Gasteiger partial charge in [-0.05, 0) is 18.2 Å². The number of hydrogen-bond acceptors (Lipinski definition) is 2. The van der Waals surface area contributed by atoms with E-state index >= 15 is 0 Å². The van der Waals surface area contributed by atoms with Gasteiger partial charge in [0.1, 0.15) is 5.82 Å². The Balaban J connectivity index is 2.57. The van der Waals surface area contributed by atoms with Crippen LogP contribution in [0, 0.1) is 5.82 Å². The van der Waals surface area contributed by atoms with Crippen LogP contribution in [-0.4, -0.2) is 16.1 Å². The summed E-state index contributed by atoms with van der Waals surface area (Å²) in [6.07, 6.45) is 3.56. The number of carbonyl (C=O) groups is 1. The number of aldehydes is 1. The lowest BCUT2D eigenvalue weighted by Crippen LogP contribution is -1.99. The van der Waals surface area contributed by atoms with Crippen molar-refractivity contribution >= 4 is 17.9 Å². The van der Waals surface area contributed by atoms with Crippen molar-refractivity contribution in [2.24, 2.45) is 0 Å². The van der Waals surface area contributed by atoms with Crippen molar-refractivity contribution in [3.63, 3.8) is 0 Å². The lowest BCUT2D eigenvalue weighted by Gasteiger charge is -2.03. The van der Waals surface area contributed by atoms with Crippen LogP contribution >= 0.6 is 11.6 Å². The Bertz CT molecular complexity index is 510. The van der Waals surface area contributed by atoms with Crippen LogP contribution in [0.4, 0.5) is 4.39 Å². The van der Waals surface area contributed by atoms with Gasteiger partial charge in [0, 0.05) is 11.8 Å².